The van der Waals surface area contributed by atoms with Gasteiger partial charge in [0.1, 0.15) is 10.8 Å². The number of hydrogen-bond donors (Lipinski definition) is 0. The van der Waals surface area contributed by atoms with E-state index in [9.17, 15) is 0 Å². The van der Waals surface area contributed by atoms with Crippen molar-refractivity contribution in [1.29, 1.82) is 0 Å². The first-order valence-corrected chi connectivity index (χ1v) is 7.34. The number of nitrogens with zero attached hydrogens (tertiary/aromatic N) is 4. The summed E-state index contributed by atoms with van der Waals surface area (Å²) in [6.07, 6.45) is 4.56. The Balaban J connectivity index is 2.47. The molecule has 102 valence electrons. The third kappa shape index (κ3) is 3.24. The van der Waals surface area contributed by atoms with Gasteiger partial charge in [0.25, 0.3) is 0 Å². The van der Waals surface area contributed by atoms with Crippen molar-refractivity contribution in [3.8, 4) is 11.5 Å². The fraction of sp³-hybridized carbons (Fsp3) is 0.417. The van der Waals surface area contributed by atoms with Gasteiger partial charge in [0.15, 0.2) is 5.82 Å². The van der Waals surface area contributed by atoms with E-state index in [-0.39, 0.29) is 0 Å². The molecule has 2 heterocycles. The second-order valence-electron chi connectivity index (χ2n) is 4.00. The Labute approximate surface area is 130 Å². The summed E-state index contributed by atoms with van der Waals surface area (Å²) in [7, 11) is 1.63. The zero-order valence-electron chi connectivity index (χ0n) is 10.7. The summed E-state index contributed by atoms with van der Waals surface area (Å²) in [4.78, 5) is 13.0. The van der Waals surface area contributed by atoms with E-state index in [1.165, 1.54) is 0 Å². The van der Waals surface area contributed by atoms with Crippen LogP contribution in [0.5, 0.6) is 0 Å². The molecule has 0 saturated heterocycles. The molecule has 0 aliphatic heterocycles. The molecule has 2 aromatic heterocycles. The van der Waals surface area contributed by atoms with Crippen molar-refractivity contribution in [3.05, 3.63) is 26.9 Å². The molecule has 2 aromatic rings. The molecule has 0 atom stereocenters. The van der Waals surface area contributed by atoms with Gasteiger partial charge in [-0.15, -0.1) is 0 Å². The number of methoxy groups -OCH3 is 1. The monoisotopic (exact) mass is 392 g/mol. The van der Waals surface area contributed by atoms with E-state index in [1.807, 2.05) is 4.57 Å². The number of imidazole rings is 1. The largest absolute Gasteiger partial charge is 0.378 e. The number of rotatable bonds is 5. The maximum atomic E-state index is 6.16. The fourth-order valence-electron chi connectivity index (χ4n) is 1.74. The Morgan fingerprint density at radius 1 is 1.42 bits per heavy atom. The molecule has 0 radical (unpaired) electrons. The summed E-state index contributed by atoms with van der Waals surface area (Å²) in [5, 5.41) is 0.446. The Morgan fingerprint density at radius 2 is 2.21 bits per heavy atom. The van der Waals surface area contributed by atoms with Gasteiger partial charge in [0, 0.05) is 13.7 Å². The predicted molar refractivity (Wildman–Crippen MR) is 82.0 cm³/mol. The van der Waals surface area contributed by atoms with Crippen LogP contribution < -0.4 is 0 Å². The van der Waals surface area contributed by atoms with E-state index < -0.39 is 0 Å². The smallest absolute Gasteiger partial charge is 0.179 e. The number of aryl methyl sites for hydroxylation is 1. The Hall–Kier alpha value is -0.730. The second kappa shape index (κ2) is 6.62. The lowest BCUT2D eigenvalue weighted by Gasteiger charge is -2.09. The zero-order chi connectivity index (χ0) is 13.8. The lowest BCUT2D eigenvalue weighted by atomic mass is 10.3. The molecule has 0 amide bonds. The average Bonchev–Trinajstić information content (AvgIpc) is 2.84. The van der Waals surface area contributed by atoms with Gasteiger partial charge in [-0.2, -0.15) is 0 Å². The van der Waals surface area contributed by atoms with E-state index in [4.69, 9.17) is 16.3 Å². The highest BCUT2D eigenvalue weighted by Crippen LogP contribution is 2.24. The van der Waals surface area contributed by atoms with Crippen LogP contribution in [0, 0.1) is 3.57 Å². The summed E-state index contributed by atoms with van der Waals surface area (Å²) < 4.78 is 7.99. The summed E-state index contributed by atoms with van der Waals surface area (Å²) in [5.74, 6) is 0.586. The van der Waals surface area contributed by atoms with Crippen molar-refractivity contribution in [1.82, 2.24) is 19.5 Å². The maximum Gasteiger partial charge on any atom is 0.179 e. The van der Waals surface area contributed by atoms with E-state index in [0.717, 1.165) is 27.9 Å². The Morgan fingerprint density at radius 3 is 2.89 bits per heavy atom. The van der Waals surface area contributed by atoms with Gasteiger partial charge in [-0.3, -0.25) is 0 Å². The third-order valence-corrected chi connectivity index (χ3v) is 4.29. The van der Waals surface area contributed by atoms with Crippen LogP contribution in [0.1, 0.15) is 19.0 Å². The first-order chi connectivity index (χ1) is 9.17. The van der Waals surface area contributed by atoms with Crippen molar-refractivity contribution < 1.29 is 4.74 Å². The SMILES string of the molecule is CCCn1cncc1-c1nc(Cl)c(I)c(COC)n1. The van der Waals surface area contributed by atoms with Crippen LogP contribution >= 0.6 is 34.2 Å². The van der Waals surface area contributed by atoms with Crippen LogP contribution in [0.4, 0.5) is 0 Å². The third-order valence-electron chi connectivity index (χ3n) is 2.57. The summed E-state index contributed by atoms with van der Waals surface area (Å²) >= 11 is 8.29. The highest BCUT2D eigenvalue weighted by Gasteiger charge is 2.14. The van der Waals surface area contributed by atoms with Gasteiger partial charge in [-0.25, -0.2) is 15.0 Å². The zero-order valence-corrected chi connectivity index (χ0v) is 13.6. The topological polar surface area (TPSA) is 52.8 Å². The molecule has 0 spiro atoms. The minimum Gasteiger partial charge on any atom is -0.378 e. The molecule has 19 heavy (non-hydrogen) atoms. The van der Waals surface area contributed by atoms with Crippen LogP contribution in [-0.2, 0) is 17.9 Å². The first kappa shape index (κ1) is 14.7. The Bertz CT molecular complexity index is 573. The fourth-order valence-corrected chi connectivity index (χ4v) is 2.32. The standard InChI is InChI=1S/C12H14ClIN4O/c1-3-4-18-7-15-5-9(18)12-16-8(6-19-2)10(14)11(13)17-12/h5,7H,3-4,6H2,1-2H3. The molecular weight excluding hydrogens is 379 g/mol. The van der Waals surface area contributed by atoms with Crippen molar-refractivity contribution in [2.45, 2.75) is 26.5 Å². The molecule has 0 saturated carbocycles. The summed E-state index contributed by atoms with van der Waals surface area (Å²) in [6, 6.07) is 0. The lowest BCUT2D eigenvalue weighted by Crippen LogP contribution is -2.05. The quantitative estimate of drug-likeness (QED) is 0.579. The van der Waals surface area contributed by atoms with Gasteiger partial charge < -0.3 is 9.30 Å². The van der Waals surface area contributed by atoms with Crippen LogP contribution in [0.25, 0.3) is 11.5 Å². The van der Waals surface area contributed by atoms with Gasteiger partial charge in [0.2, 0.25) is 0 Å². The molecule has 0 fully saturated rings. The number of halogens is 2. The van der Waals surface area contributed by atoms with Crippen LogP contribution in [0.15, 0.2) is 12.5 Å². The number of ether oxygens (including phenoxy) is 1. The average molecular weight is 393 g/mol. The summed E-state index contributed by atoms with van der Waals surface area (Å²) in [6.45, 7) is 3.40. The van der Waals surface area contributed by atoms with E-state index in [2.05, 4.69) is 44.5 Å². The van der Waals surface area contributed by atoms with Gasteiger partial charge in [-0.05, 0) is 29.0 Å². The summed E-state index contributed by atoms with van der Waals surface area (Å²) in [5.41, 5.74) is 1.67. The number of aromatic nitrogens is 4. The van der Waals surface area contributed by atoms with E-state index in [0.29, 0.717) is 17.6 Å². The molecule has 7 heteroatoms. The first-order valence-electron chi connectivity index (χ1n) is 5.88. The van der Waals surface area contributed by atoms with Crippen molar-refractivity contribution in [3.63, 3.8) is 0 Å². The van der Waals surface area contributed by atoms with Crippen LogP contribution in [0.3, 0.4) is 0 Å². The highest BCUT2D eigenvalue weighted by atomic mass is 127. The molecule has 0 bridgehead atoms. The van der Waals surface area contributed by atoms with Gasteiger partial charge in [-0.1, -0.05) is 18.5 Å². The van der Waals surface area contributed by atoms with Crippen molar-refractivity contribution >= 4 is 34.2 Å². The van der Waals surface area contributed by atoms with E-state index in [1.54, 1.807) is 19.6 Å². The molecule has 0 aromatic carbocycles. The molecule has 0 unspecified atom stereocenters. The van der Waals surface area contributed by atoms with Crippen LogP contribution in [0.2, 0.25) is 5.15 Å². The normalized spacial score (nSPS) is 10.9. The molecule has 2 rings (SSSR count). The Kier molecular flexibility index (Phi) is 5.12. The highest BCUT2D eigenvalue weighted by molar-refractivity contribution is 14.1. The maximum absolute atomic E-state index is 6.16. The second-order valence-corrected chi connectivity index (χ2v) is 5.44. The minimum atomic E-state index is 0.412. The molecular formula is C12H14ClIN4O. The number of hydrogen-bond acceptors (Lipinski definition) is 4. The van der Waals surface area contributed by atoms with Crippen LogP contribution in [-0.4, -0.2) is 26.6 Å². The lowest BCUT2D eigenvalue weighted by molar-refractivity contribution is 0.181. The van der Waals surface area contributed by atoms with E-state index >= 15 is 0 Å². The molecule has 0 N–H and O–H groups in total. The van der Waals surface area contributed by atoms with Crippen molar-refractivity contribution in [2.75, 3.05) is 7.11 Å². The van der Waals surface area contributed by atoms with Crippen molar-refractivity contribution in [2.24, 2.45) is 0 Å². The minimum absolute atomic E-state index is 0.412. The molecule has 0 aliphatic carbocycles. The molecule has 5 nitrogen and oxygen atoms in total. The molecule has 0 aliphatic rings. The predicted octanol–water partition coefficient (Wildman–Crippen LogP) is 3.15. The van der Waals surface area contributed by atoms with Gasteiger partial charge >= 0.3 is 0 Å². The van der Waals surface area contributed by atoms with Gasteiger partial charge in [0.05, 0.1) is 28.4 Å².